The molecule has 0 saturated heterocycles. The molecule has 6 heteroatoms. The second kappa shape index (κ2) is 8.22. The Morgan fingerprint density at radius 2 is 1.77 bits per heavy atom. The predicted molar refractivity (Wildman–Crippen MR) is 95.7 cm³/mol. The number of nitrogens with one attached hydrogen (secondary N) is 2. The minimum atomic E-state index is 0.536. The number of methoxy groups -OCH3 is 1. The van der Waals surface area contributed by atoms with E-state index in [1.807, 2.05) is 36.4 Å². The third kappa shape index (κ3) is 4.77. The van der Waals surface area contributed by atoms with Crippen molar-refractivity contribution in [3.63, 3.8) is 0 Å². The van der Waals surface area contributed by atoms with Crippen molar-refractivity contribution in [1.82, 2.24) is 10.6 Å². The van der Waals surface area contributed by atoms with E-state index >= 15 is 0 Å². The van der Waals surface area contributed by atoms with Gasteiger partial charge in [0.1, 0.15) is 5.75 Å². The van der Waals surface area contributed by atoms with Gasteiger partial charge < -0.3 is 15.4 Å². The number of rotatable bonds is 5. The van der Waals surface area contributed by atoms with E-state index in [4.69, 9.17) is 40.2 Å². The first-order valence-electron chi connectivity index (χ1n) is 6.67. The molecule has 22 heavy (non-hydrogen) atoms. The molecule has 0 bridgehead atoms. The smallest absolute Gasteiger partial charge is 0.166 e. The minimum absolute atomic E-state index is 0.536. The lowest BCUT2D eigenvalue weighted by Gasteiger charge is -2.13. The largest absolute Gasteiger partial charge is 0.496 e. The molecular formula is C16H16Cl2N2OS. The Morgan fingerprint density at radius 1 is 1.05 bits per heavy atom. The SMILES string of the molecule is COc1ccccc1CNC(=S)NCc1ccc(Cl)c(Cl)c1. The lowest BCUT2D eigenvalue weighted by molar-refractivity contribution is 0.409. The molecule has 2 rings (SSSR count). The summed E-state index contributed by atoms with van der Waals surface area (Å²) in [5.41, 5.74) is 2.06. The van der Waals surface area contributed by atoms with Crippen molar-refractivity contribution >= 4 is 40.5 Å². The summed E-state index contributed by atoms with van der Waals surface area (Å²) < 4.78 is 5.30. The normalized spacial score (nSPS) is 10.1. The van der Waals surface area contributed by atoms with Gasteiger partial charge >= 0.3 is 0 Å². The van der Waals surface area contributed by atoms with Gasteiger partial charge in [-0.3, -0.25) is 0 Å². The molecule has 0 atom stereocenters. The quantitative estimate of drug-likeness (QED) is 0.789. The molecule has 0 aromatic heterocycles. The zero-order valence-corrected chi connectivity index (χ0v) is 14.4. The van der Waals surface area contributed by atoms with Gasteiger partial charge in [-0.2, -0.15) is 0 Å². The topological polar surface area (TPSA) is 33.3 Å². The van der Waals surface area contributed by atoms with E-state index in [2.05, 4.69) is 10.6 Å². The van der Waals surface area contributed by atoms with E-state index in [1.165, 1.54) is 0 Å². The number of halogens is 2. The number of thiocarbonyl (C=S) groups is 1. The van der Waals surface area contributed by atoms with Gasteiger partial charge in [-0.05, 0) is 36.0 Å². The highest BCUT2D eigenvalue weighted by molar-refractivity contribution is 7.80. The van der Waals surface area contributed by atoms with Crippen LogP contribution in [-0.2, 0) is 13.1 Å². The average Bonchev–Trinajstić information content (AvgIpc) is 2.54. The van der Waals surface area contributed by atoms with Gasteiger partial charge in [0.05, 0.1) is 17.2 Å². The Morgan fingerprint density at radius 3 is 2.50 bits per heavy atom. The Labute approximate surface area is 145 Å². The number of hydrogen-bond acceptors (Lipinski definition) is 2. The molecule has 0 radical (unpaired) electrons. The van der Waals surface area contributed by atoms with Crippen LogP contribution in [0, 0.1) is 0 Å². The Kier molecular flexibility index (Phi) is 6.31. The van der Waals surface area contributed by atoms with Crippen molar-refractivity contribution in [1.29, 1.82) is 0 Å². The first-order valence-corrected chi connectivity index (χ1v) is 7.84. The van der Waals surface area contributed by atoms with E-state index in [-0.39, 0.29) is 0 Å². The van der Waals surface area contributed by atoms with Crippen molar-refractivity contribution in [2.75, 3.05) is 7.11 Å². The molecule has 3 nitrogen and oxygen atoms in total. The van der Waals surface area contributed by atoms with E-state index < -0.39 is 0 Å². The molecule has 116 valence electrons. The van der Waals surface area contributed by atoms with Gasteiger partial charge in [0.15, 0.2) is 5.11 Å². The fourth-order valence-electron chi connectivity index (χ4n) is 1.92. The molecule has 0 amide bonds. The molecule has 0 aliphatic rings. The van der Waals surface area contributed by atoms with Gasteiger partial charge in [0.25, 0.3) is 0 Å². The number of ether oxygens (including phenoxy) is 1. The number of benzene rings is 2. The van der Waals surface area contributed by atoms with Crippen LogP contribution < -0.4 is 15.4 Å². The molecule has 0 spiro atoms. The van der Waals surface area contributed by atoms with Crippen LogP contribution in [0.25, 0.3) is 0 Å². The molecule has 0 saturated carbocycles. The van der Waals surface area contributed by atoms with Crippen LogP contribution in [0.3, 0.4) is 0 Å². The summed E-state index contributed by atoms with van der Waals surface area (Å²) in [5.74, 6) is 0.835. The zero-order chi connectivity index (χ0) is 15.9. The summed E-state index contributed by atoms with van der Waals surface area (Å²) in [7, 11) is 1.65. The van der Waals surface area contributed by atoms with Gasteiger partial charge in [0.2, 0.25) is 0 Å². The van der Waals surface area contributed by atoms with Gasteiger partial charge in [0, 0.05) is 18.7 Å². The zero-order valence-electron chi connectivity index (χ0n) is 12.0. The fraction of sp³-hybridized carbons (Fsp3) is 0.188. The summed E-state index contributed by atoms with van der Waals surface area (Å²) in [5, 5.41) is 7.93. The van der Waals surface area contributed by atoms with Gasteiger partial charge in [-0.15, -0.1) is 0 Å². The standard InChI is InChI=1S/C16H16Cl2N2OS/c1-21-15-5-3-2-4-12(15)10-20-16(22)19-9-11-6-7-13(17)14(18)8-11/h2-8H,9-10H2,1H3,(H2,19,20,22). The van der Waals surface area contributed by atoms with Crippen molar-refractivity contribution < 1.29 is 4.74 Å². The summed E-state index contributed by atoms with van der Waals surface area (Å²) in [6, 6.07) is 13.3. The highest BCUT2D eigenvalue weighted by Gasteiger charge is 2.03. The van der Waals surface area contributed by atoms with E-state index in [0.29, 0.717) is 28.2 Å². The lowest BCUT2D eigenvalue weighted by Crippen LogP contribution is -2.34. The molecule has 0 fully saturated rings. The maximum atomic E-state index is 5.98. The Hall–Kier alpha value is -1.49. The third-order valence-electron chi connectivity index (χ3n) is 3.07. The molecule has 0 aliphatic heterocycles. The van der Waals surface area contributed by atoms with E-state index in [9.17, 15) is 0 Å². The van der Waals surface area contributed by atoms with E-state index in [1.54, 1.807) is 13.2 Å². The van der Waals surface area contributed by atoms with Crippen molar-refractivity contribution in [3.8, 4) is 5.75 Å². The van der Waals surface area contributed by atoms with Gasteiger partial charge in [-0.1, -0.05) is 47.5 Å². The van der Waals surface area contributed by atoms with E-state index in [0.717, 1.165) is 16.9 Å². The van der Waals surface area contributed by atoms with Crippen molar-refractivity contribution in [3.05, 3.63) is 63.6 Å². The fourth-order valence-corrected chi connectivity index (χ4v) is 2.38. The van der Waals surface area contributed by atoms with Crippen LogP contribution in [0.15, 0.2) is 42.5 Å². The first-order chi connectivity index (χ1) is 10.6. The first kappa shape index (κ1) is 16.9. The molecule has 2 N–H and O–H groups in total. The highest BCUT2D eigenvalue weighted by atomic mass is 35.5. The minimum Gasteiger partial charge on any atom is -0.496 e. The van der Waals surface area contributed by atoms with Crippen LogP contribution in [0.1, 0.15) is 11.1 Å². The van der Waals surface area contributed by atoms with Crippen LogP contribution in [0.5, 0.6) is 5.75 Å². The van der Waals surface area contributed by atoms with Crippen molar-refractivity contribution in [2.45, 2.75) is 13.1 Å². The third-order valence-corrected chi connectivity index (χ3v) is 4.10. The molecule has 0 aliphatic carbocycles. The second-order valence-electron chi connectivity index (χ2n) is 4.60. The Bertz CT molecular complexity index is 664. The lowest BCUT2D eigenvalue weighted by atomic mass is 10.2. The van der Waals surface area contributed by atoms with Gasteiger partial charge in [-0.25, -0.2) is 0 Å². The molecule has 0 heterocycles. The summed E-state index contributed by atoms with van der Waals surface area (Å²) in [6.45, 7) is 1.17. The maximum absolute atomic E-state index is 5.98. The predicted octanol–water partition coefficient (Wildman–Crippen LogP) is 4.17. The maximum Gasteiger partial charge on any atom is 0.166 e. The summed E-state index contributed by atoms with van der Waals surface area (Å²) in [4.78, 5) is 0. The molecule has 0 unspecified atom stereocenters. The molecule has 2 aromatic carbocycles. The molecular weight excluding hydrogens is 339 g/mol. The number of para-hydroxylation sites is 1. The monoisotopic (exact) mass is 354 g/mol. The average molecular weight is 355 g/mol. The number of hydrogen-bond donors (Lipinski definition) is 2. The summed E-state index contributed by atoms with van der Waals surface area (Å²) in [6.07, 6.45) is 0. The summed E-state index contributed by atoms with van der Waals surface area (Å²) >= 11 is 17.1. The van der Waals surface area contributed by atoms with Crippen molar-refractivity contribution in [2.24, 2.45) is 0 Å². The van der Waals surface area contributed by atoms with Crippen LogP contribution >= 0.6 is 35.4 Å². The van der Waals surface area contributed by atoms with Crippen LogP contribution in [0.2, 0.25) is 10.0 Å². The Balaban J connectivity index is 1.84. The second-order valence-corrected chi connectivity index (χ2v) is 5.82. The van der Waals surface area contributed by atoms with Crippen LogP contribution in [0.4, 0.5) is 0 Å². The highest BCUT2D eigenvalue weighted by Crippen LogP contribution is 2.22. The molecule has 2 aromatic rings. The van der Waals surface area contributed by atoms with Crippen LogP contribution in [-0.4, -0.2) is 12.2 Å².